The van der Waals surface area contributed by atoms with E-state index in [1.54, 1.807) is 13.8 Å². The number of carbonyl (C=O) groups is 2. The zero-order valence-corrected chi connectivity index (χ0v) is 13.2. The topological polar surface area (TPSA) is 71.1 Å². The van der Waals surface area contributed by atoms with E-state index in [1.807, 2.05) is 27.7 Å². The van der Waals surface area contributed by atoms with Crippen LogP contribution in [-0.2, 0) is 18.9 Å². The molecule has 2 atom stereocenters. The van der Waals surface area contributed by atoms with Crippen molar-refractivity contribution in [1.82, 2.24) is 0 Å². The van der Waals surface area contributed by atoms with Gasteiger partial charge in [-0.2, -0.15) is 0 Å². The number of rotatable bonds is 7. The van der Waals surface area contributed by atoms with Crippen molar-refractivity contribution < 1.29 is 28.5 Å². The van der Waals surface area contributed by atoms with E-state index < -0.39 is 24.5 Å². The molecule has 0 bridgehead atoms. The molecule has 0 saturated carbocycles. The van der Waals surface area contributed by atoms with Gasteiger partial charge >= 0.3 is 12.3 Å². The number of hydrogen-bond donors (Lipinski definition) is 0. The van der Waals surface area contributed by atoms with Gasteiger partial charge in [-0.05, 0) is 25.7 Å². The van der Waals surface area contributed by atoms with Gasteiger partial charge in [-0.3, -0.25) is 0 Å². The maximum Gasteiger partial charge on any atom is 0.508 e. The zero-order valence-electron chi connectivity index (χ0n) is 13.2. The summed E-state index contributed by atoms with van der Waals surface area (Å²) < 4.78 is 20.1. The SMILES string of the molecule is CCOC(=O)OC(C(C)C)C(OC(=O)OCC)C(C)C. The van der Waals surface area contributed by atoms with E-state index in [2.05, 4.69) is 0 Å². The van der Waals surface area contributed by atoms with Crippen LogP contribution in [0.4, 0.5) is 9.59 Å². The third-order valence-corrected chi connectivity index (χ3v) is 2.63. The molecule has 0 aliphatic rings. The first-order chi connectivity index (χ1) is 9.33. The van der Waals surface area contributed by atoms with Gasteiger partial charge in [0.25, 0.3) is 0 Å². The lowest BCUT2D eigenvalue weighted by Crippen LogP contribution is -2.42. The predicted molar refractivity (Wildman–Crippen MR) is 73.5 cm³/mol. The first-order valence-corrected chi connectivity index (χ1v) is 7.00. The standard InChI is InChI=1S/C14H26O6/c1-7-17-13(15)19-11(9(3)4)12(10(5)6)20-14(16)18-8-2/h9-12H,7-8H2,1-6H3. The van der Waals surface area contributed by atoms with Crippen LogP contribution in [0, 0.1) is 11.8 Å². The van der Waals surface area contributed by atoms with Crippen LogP contribution < -0.4 is 0 Å². The summed E-state index contributed by atoms with van der Waals surface area (Å²) in [5.41, 5.74) is 0. The van der Waals surface area contributed by atoms with Crippen molar-refractivity contribution >= 4 is 12.3 Å². The fourth-order valence-corrected chi connectivity index (χ4v) is 1.69. The van der Waals surface area contributed by atoms with Gasteiger partial charge in [-0.1, -0.05) is 27.7 Å². The van der Waals surface area contributed by atoms with Gasteiger partial charge in [0.15, 0.2) is 0 Å². The molecule has 0 rings (SSSR count). The second kappa shape index (κ2) is 9.44. The maximum absolute atomic E-state index is 11.5. The molecule has 0 N–H and O–H groups in total. The van der Waals surface area contributed by atoms with Gasteiger partial charge in [-0.25, -0.2) is 9.59 Å². The fraction of sp³-hybridized carbons (Fsp3) is 0.857. The minimum atomic E-state index is -0.760. The second-order valence-corrected chi connectivity index (χ2v) is 5.02. The first-order valence-electron chi connectivity index (χ1n) is 7.00. The highest BCUT2D eigenvalue weighted by molar-refractivity contribution is 5.61. The summed E-state index contributed by atoms with van der Waals surface area (Å²) in [5.74, 6) is -0.0533. The van der Waals surface area contributed by atoms with Crippen LogP contribution in [0.5, 0.6) is 0 Å². The molecule has 20 heavy (non-hydrogen) atoms. The third-order valence-electron chi connectivity index (χ3n) is 2.63. The van der Waals surface area contributed by atoms with Crippen molar-refractivity contribution in [2.24, 2.45) is 11.8 Å². The van der Waals surface area contributed by atoms with Crippen molar-refractivity contribution in [1.29, 1.82) is 0 Å². The molecule has 0 heterocycles. The quantitative estimate of drug-likeness (QED) is 0.669. The predicted octanol–water partition coefficient (Wildman–Crippen LogP) is 3.38. The number of carbonyl (C=O) groups excluding carboxylic acids is 2. The van der Waals surface area contributed by atoms with Gasteiger partial charge in [0.2, 0.25) is 0 Å². The van der Waals surface area contributed by atoms with Crippen LogP contribution in [0.1, 0.15) is 41.5 Å². The molecule has 0 aromatic rings. The van der Waals surface area contributed by atoms with Crippen LogP contribution in [-0.4, -0.2) is 37.7 Å². The minimum absolute atomic E-state index is 0.0266. The molecule has 6 nitrogen and oxygen atoms in total. The summed E-state index contributed by atoms with van der Waals surface area (Å²) in [5, 5.41) is 0. The van der Waals surface area contributed by atoms with Crippen LogP contribution in [0.3, 0.4) is 0 Å². The van der Waals surface area contributed by atoms with Crippen LogP contribution in [0.25, 0.3) is 0 Å². The molecule has 118 valence electrons. The average Bonchev–Trinajstić information content (AvgIpc) is 2.33. The van der Waals surface area contributed by atoms with Gasteiger partial charge in [-0.15, -0.1) is 0 Å². The summed E-state index contributed by atoms with van der Waals surface area (Å²) >= 11 is 0. The molecule has 2 unspecified atom stereocenters. The van der Waals surface area contributed by atoms with E-state index >= 15 is 0 Å². The van der Waals surface area contributed by atoms with E-state index in [0.717, 1.165) is 0 Å². The lowest BCUT2D eigenvalue weighted by molar-refractivity contribution is -0.0847. The van der Waals surface area contributed by atoms with Gasteiger partial charge < -0.3 is 18.9 Å². The summed E-state index contributed by atoms with van der Waals surface area (Å²) in [7, 11) is 0. The van der Waals surface area contributed by atoms with Crippen molar-refractivity contribution in [2.45, 2.75) is 53.8 Å². The Hall–Kier alpha value is -1.46. The summed E-state index contributed by atoms with van der Waals surface area (Å²) in [6, 6.07) is 0. The largest absolute Gasteiger partial charge is 0.508 e. The molecule has 0 amide bonds. The Labute approximate surface area is 120 Å². The van der Waals surface area contributed by atoms with Gasteiger partial charge in [0.05, 0.1) is 13.2 Å². The van der Waals surface area contributed by atoms with Crippen molar-refractivity contribution in [3.63, 3.8) is 0 Å². The highest BCUT2D eigenvalue weighted by Gasteiger charge is 2.34. The Morgan fingerprint density at radius 3 is 1.25 bits per heavy atom. The van der Waals surface area contributed by atoms with Crippen molar-refractivity contribution in [3.8, 4) is 0 Å². The van der Waals surface area contributed by atoms with Crippen LogP contribution >= 0.6 is 0 Å². The van der Waals surface area contributed by atoms with E-state index in [9.17, 15) is 9.59 Å². The van der Waals surface area contributed by atoms with E-state index in [4.69, 9.17) is 18.9 Å². The fourth-order valence-electron chi connectivity index (χ4n) is 1.69. The van der Waals surface area contributed by atoms with E-state index in [-0.39, 0.29) is 25.0 Å². The number of ether oxygens (including phenoxy) is 4. The second-order valence-electron chi connectivity index (χ2n) is 5.02. The third kappa shape index (κ3) is 6.63. The molecule has 6 heteroatoms. The maximum atomic E-state index is 11.5. The minimum Gasteiger partial charge on any atom is -0.435 e. The lowest BCUT2D eigenvalue weighted by atomic mass is 9.93. The Morgan fingerprint density at radius 1 is 0.750 bits per heavy atom. The molecule has 0 fully saturated rings. The molecular formula is C14H26O6. The molecular weight excluding hydrogens is 264 g/mol. The Balaban J connectivity index is 4.86. The molecule has 0 saturated heterocycles. The molecule has 0 spiro atoms. The molecule has 0 radical (unpaired) electrons. The summed E-state index contributed by atoms with van der Waals surface area (Å²) in [6.07, 6.45) is -2.69. The first kappa shape index (κ1) is 18.5. The van der Waals surface area contributed by atoms with Crippen molar-refractivity contribution in [3.05, 3.63) is 0 Å². The summed E-state index contributed by atoms with van der Waals surface area (Å²) in [6.45, 7) is 11.4. The highest BCUT2D eigenvalue weighted by atomic mass is 16.8. The van der Waals surface area contributed by atoms with E-state index in [1.165, 1.54) is 0 Å². The van der Waals surface area contributed by atoms with Gasteiger partial charge in [0, 0.05) is 0 Å². The molecule has 0 aliphatic heterocycles. The van der Waals surface area contributed by atoms with Gasteiger partial charge in [0.1, 0.15) is 12.2 Å². The Kier molecular flexibility index (Phi) is 8.76. The zero-order chi connectivity index (χ0) is 15.7. The average molecular weight is 290 g/mol. The number of hydrogen-bond acceptors (Lipinski definition) is 6. The highest BCUT2D eigenvalue weighted by Crippen LogP contribution is 2.22. The smallest absolute Gasteiger partial charge is 0.435 e. The molecule has 0 aliphatic carbocycles. The normalized spacial score (nSPS) is 13.8. The van der Waals surface area contributed by atoms with E-state index in [0.29, 0.717) is 0 Å². The molecule has 0 aromatic carbocycles. The lowest BCUT2D eigenvalue weighted by Gasteiger charge is -2.31. The Bertz CT molecular complexity index is 270. The Morgan fingerprint density at radius 2 is 1.05 bits per heavy atom. The summed E-state index contributed by atoms with van der Waals surface area (Å²) in [4.78, 5) is 23.0. The van der Waals surface area contributed by atoms with Crippen LogP contribution in [0.2, 0.25) is 0 Å². The monoisotopic (exact) mass is 290 g/mol. The van der Waals surface area contributed by atoms with Crippen molar-refractivity contribution in [2.75, 3.05) is 13.2 Å². The molecule has 0 aromatic heterocycles. The van der Waals surface area contributed by atoms with Crippen LogP contribution in [0.15, 0.2) is 0 Å².